The highest BCUT2D eigenvalue weighted by Crippen LogP contribution is 2.31. The number of hydrogen-bond donors (Lipinski definition) is 2. The van der Waals surface area contributed by atoms with Crippen LogP contribution in [-0.2, 0) is 14.8 Å². The van der Waals surface area contributed by atoms with Crippen molar-refractivity contribution in [3.05, 3.63) is 18.2 Å². The highest BCUT2D eigenvalue weighted by molar-refractivity contribution is 7.89. The highest BCUT2D eigenvalue weighted by Gasteiger charge is 2.29. The second kappa shape index (κ2) is 6.21. The number of nitrogens with zero attached hydrogens (tertiary/aromatic N) is 1. The largest absolute Gasteiger partial charge is 0.399 e. The van der Waals surface area contributed by atoms with Gasteiger partial charge in [-0.2, -0.15) is 0 Å². The summed E-state index contributed by atoms with van der Waals surface area (Å²) in [5, 5.41) is 0. The summed E-state index contributed by atoms with van der Waals surface area (Å²) >= 11 is 0. The second-order valence-electron chi connectivity index (χ2n) is 5.42. The first kappa shape index (κ1) is 16.1. The summed E-state index contributed by atoms with van der Waals surface area (Å²) < 4.78 is 32.3. The fraction of sp³-hybridized carbons (Fsp3) is 0.571. The normalized spacial score (nSPS) is 23.3. The predicted molar refractivity (Wildman–Crippen MR) is 83.9 cm³/mol. The van der Waals surface area contributed by atoms with Gasteiger partial charge in [-0.1, -0.05) is 6.92 Å². The molecular weight excluding hydrogens is 290 g/mol. The van der Waals surface area contributed by atoms with Crippen molar-refractivity contribution in [2.75, 3.05) is 37.9 Å². The Morgan fingerprint density at radius 2 is 2.14 bits per heavy atom. The molecule has 0 spiro atoms. The molecule has 7 heteroatoms. The van der Waals surface area contributed by atoms with Crippen molar-refractivity contribution in [3.63, 3.8) is 0 Å². The molecule has 1 aliphatic heterocycles. The van der Waals surface area contributed by atoms with Gasteiger partial charge < -0.3 is 15.4 Å². The Balaban J connectivity index is 2.40. The molecule has 1 aliphatic rings. The number of nitrogen functional groups attached to an aromatic ring is 1. The lowest BCUT2D eigenvalue weighted by Gasteiger charge is -2.38. The first-order valence-electron chi connectivity index (χ1n) is 7.00. The first-order chi connectivity index (χ1) is 9.89. The fourth-order valence-electron chi connectivity index (χ4n) is 2.68. The van der Waals surface area contributed by atoms with E-state index in [0.29, 0.717) is 23.8 Å². The van der Waals surface area contributed by atoms with E-state index in [4.69, 9.17) is 10.5 Å². The average molecular weight is 313 g/mol. The molecule has 1 aromatic carbocycles. The third kappa shape index (κ3) is 3.30. The molecule has 118 valence electrons. The van der Waals surface area contributed by atoms with Crippen molar-refractivity contribution in [2.45, 2.75) is 24.3 Å². The number of piperidine rings is 1. The van der Waals surface area contributed by atoms with Crippen molar-refractivity contribution < 1.29 is 13.2 Å². The van der Waals surface area contributed by atoms with Crippen LogP contribution in [0.15, 0.2) is 23.1 Å². The maximum atomic E-state index is 12.2. The average Bonchev–Trinajstić information content (AvgIpc) is 2.48. The lowest BCUT2D eigenvalue weighted by molar-refractivity contribution is 0.0497. The van der Waals surface area contributed by atoms with Gasteiger partial charge in [-0.25, -0.2) is 13.1 Å². The van der Waals surface area contributed by atoms with E-state index in [1.807, 2.05) is 0 Å². The summed E-state index contributed by atoms with van der Waals surface area (Å²) in [4.78, 5) is 2.27. The van der Waals surface area contributed by atoms with Gasteiger partial charge in [0.05, 0.1) is 11.8 Å². The van der Waals surface area contributed by atoms with Crippen LogP contribution in [0.1, 0.15) is 13.3 Å². The molecule has 1 saturated heterocycles. The van der Waals surface area contributed by atoms with E-state index in [9.17, 15) is 8.42 Å². The molecule has 1 heterocycles. The van der Waals surface area contributed by atoms with Gasteiger partial charge >= 0.3 is 0 Å². The fourth-order valence-corrected chi connectivity index (χ4v) is 3.66. The summed E-state index contributed by atoms with van der Waals surface area (Å²) in [6, 6.07) is 4.99. The number of benzene rings is 1. The summed E-state index contributed by atoms with van der Waals surface area (Å²) in [5.41, 5.74) is 6.85. The van der Waals surface area contributed by atoms with Gasteiger partial charge in [0.2, 0.25) is 10.0 Å². The molecule has 21 heavy (non-hydrogen) atoms. The number of methoxy groups -OCH3 is 1. The first-order valence-corrected chi connectivity index (χ1v) is 8.48. The summed E-state index contributed by atoms with van der Waals surface area (Å²) in [7, 11) is -0.456. The molecule has 0 aromatic heterocycles. The van der Waals surface area contributed by atoms with Crippen molar-refractivity contribution in [1.29, 1.82) is 0 Å². The van der Waals surface area contributed by atoms with Crippen molar-refractivity contribution in [2.24, 2.45) is 5.92 Å². The third-order valence-corrected chi connectivity index (χ3v) is 5.52. The Kier molecular flexibility index (Phi) is 4.75. The zero-order valence-corrected chi connectivity index (χ0v) is 13.5. The smallest absolute Gasteiger partial charge is 0.242 e. The molecular formula is C14H23N3O3S. The Hall–Kier alpha value is -1.31. The van der Waals surface area contributed by atoms with Gasteiger partial charge in [-0.05, 0) is 37.6 Å². The molecule has 3 N–H and O–H groups in total. The zero-order valence-electron chi connectivity index (χ0n) is 12.7. The molecule has 0 aliphatic carbocycles. The number of rotatable bonds is 4. The van der Waals surface area contributed by atoms with Gasteiger partial charge in [0.15, 0.2) is 0 Å². The van der Waals surface area contributed by atoms with Crippen molar-refractivity contribution >= 4 is 21.4 Å². The van der Waals surface area contributed by atoms with E-state index in [-0.39, 0.29) is 11.0 Å². The molecule has 1 aromatic rings. The monoisotopic (exact) mass is 313 g/mol. The van der Waals surface area contributed by atoms with Crippen LogP contribution in [0.5, 0.6) is 0 Å². The highest BCUT2D eigenvalue weighted by atomic mass is 32.2. The Morgan fingerprint density at radius 3 is 2.76 bits per heavy atom. The van der Waals surface area contributed by atoms with Crippen LogP contribution in [0.3, 0.4) is 0 Å². The maximum Gasteiger partial charge on any atom is 0.242 e. The van der Waals surface area contributed by atoms with E-state index in [1.54, 1.807) is 19.2 Å². The van der Waals surface area contributed by atoms with E-state index >= 15 is 0 Å². The number of hydrogen-bond acceptors (Lipinski definition) is 5. The van der Waals surface area contributed by atoms with Crippen LogP contribution in [0.4, 0.5) is 11.4 Å². The summed E-state index contributed by atoms with van der Waals surface area (Å²) in [6.45, 7) is 3.63. The van der Waals surface area contributed by atoms with E-state index in [0.717, 1.165) is 13.0 Å². The van der Waals surface area contributed by atoms with E-state index in [1.165, 1.54) is 13.1 Å². The molecule has 6 nitrogen and oxygen atoms in total. The second-order valence-corrected chi connectivity index (χ2v) is 7.28. The minimum Gasteiger partial charge on any atom is -0.399 e. The zero-order chi connectivity index (χ0) is 15.6. The van der Waals surface area contributed by atoms with Crippen LogP contribution < -0.4 is 15.4 Å². The van der Waals surface area contributed by atoms with Crippen molar-refractivity contribution in [3.8, 4) is 0 Å². The topological polar surface area (TPSA) is 84.7 Å². The van der Waals surface area contributed by atoms with Crippen LogP contribution >= 0.6 is 0 Å². The molecule has 0 amide bonds. The molecule has 2 atom stereocenters. The minimum absolute atomic E-state index is 0.0986. The molecule has 0 radical (unpaired) electrons. The van der Waals surface area contributed by atoms with Gasteiger partial charge in [-0.15, -0.1) is 0 Å². The molecule has 2 rings (SSSR count). The number of sulfonamides is 1. The molecule has 2 unspecified atom stereocenters. The molecule has 0 bridgehead atoms. The van der Waals surface area contributed by atoms with E-state index < -0.39 is 10.0 Å². The molecule has 0 saturated carbocycles. The lowest BCUT2D eigenvalue weighted by atomic mass is 9.95. The van der Waals surface area contributed by atoms with Crippen LogP contribution in [0, 0.1) is 5.92 Å². The number of nitrogens with one attached hydrogen (secondary N) is 1. The quantitative estimate of drug-likeness (QED) is 0.811. The Bertz CT molecular complexity index is 603. The molecule has 1 fully saturated rings. The van der Waals surface area contributed by atoms with Crippen LogP contribution in [0.2, 0.25) is 0 Å². The lowest BCUT2D eigenvalue weighted by Crippen LogP contribution is -2.44. The predicted octanol–water partition coefficient (Wildman–Crippen LogP) is 1.04. The minimum atomic E-state index is -3.55. The summed E-state index contributed by atoms with van der Waals surface area (Å²) in [6.07, 6.45) is 1.06. The van der Waals surface area contributed by atoms with E-state index in [2.05, 4.69) is 16.5 Å². The number of anilines is 2. The van der Waals surface area contributed by atoms with Crippen LogP contribution in [-0.4, -0.2) is 41.8 Å². The number of nitrogens with two attached hydrogens (primary N) is 1. The summed E-state index contributed by atoms with van der Waals surface area (Å²) in [5.74, 6) is 0.462. The van der Waals surface area contributed by atoms with Gasteiger partial charge in [0.1, 0.15) is 4.90 Å². The maximum absolute atomic E-state index is 12.2. The van der Waals surface area contributed by atoms with Crippen molar-refractivity contribution in [1.82, 2.24) is 4.72 Å². The Morgan fingerprint density at radius 1 is 1.43 bits per heavy atom. The van der Waals surface area contributed by atoms with Crippen LogP contribution in [0.25, 0.3) is 0 Å². The number of ether oxygens (including phenoxy) is 1. The third-order valence-electron chi connectivity index (χ3n) is 4.07. The van der Waals surface area contributed by atoms with Gasteiger partial charge in [0, 0.05) is 25.9 Å². The standard InChI is InChI=1S/C14H23N3O3S/c1-10-6-7-17(9-13(10)20-3)12-5-4-11(15)8-14(12)21(18,19)16-2/h4-5,8,10,13,16H,6-7,9,15H2,1-3H3. The SMILES string of the molecule is CNS(=O)(=O)c1cc(N)ccc1N1CCC(C)C(OC)C1. The Labute approximate surface area is 126 Å². The van der Waals surface area contributed by atoms with Gasteiger partial charge in [-0.3, -0.25) is 0 Å². The van der Waals surface area contributed by atoms with Gasteiger partial charge in [0.25, 0.3) is 0 Å².